The SMILES string of the molecule is O=C1c2ccccc2NC(c2cn(Cc3ccc(Br)cc3)nc2-c2ccccc2)N1O. The molecule has 0 spiro atoms. The van der Waals surface area contributed by atoms with Crippen molar-refractivity contribution in [3.8, 4) is 11.3 Å². The van der Waals surface area contributed by atoms with Gasteiger partial charge < -0.3 is 5.32 Å². The van der Waals surface area contributed by atoms with Crippen LogP contribution in [-0.4, -0.2) is 26.0 Å². The van der Waals surface area contributed by atoms with Crippen LogP contribution in [0.4, 0.5) is 5.69 Å². The van der Waals surface area contributed by atoms with E-state index in [0.29, 0.717) is 29.1 Å². The average Bonchev–Trinajstić information content (AvgIpc) is 3.22. The van der Waals surface area contributed by atoms with Gasteiger partial charge in [0.25, 0.3) is 5.91 Å². The van der Waals surface area contributed by atoms with Gasteiger partial charge in [-0.25, -0.2) is 0 Å². The van der Waals surface area contributed by atoms with E-state index >= 15 is 0 Å². The second-order valence-electron chi connectivity index (χ2n) is 7.37. The molecule has 2 N–H and O–H groups in total. The van der Waals surface area contributed by atoms with Crippen molar-refractivity contribution < 1.29 is 10.0 Å². The summed E-state index contributed by atoms with van der Waals surface area (Å²) >= 11 is 3.46. The van der Waals surface area contributed by atoms with Crippen molar-refractivity contribution in [2.45, 2.75) is 12.7 Å². The van der Waals surface area contributed by atoms with E-state index in [0.717, 1.165) is 20.7 Å². The lowest BCUT2D eigenvalue weighted by Crippen LogP contribution is -2.40. The highest BCUT2D eigenvalue weighted by Gasteiger charge is 2.34. The quantitative estimate of drug-likeness (QED) is 0.392. The summed E-state index contributed by atoms with van der Waals surface area (Å²) < 4.78 is 2.85. The molecular formula is C24H19BrN4O2. The molecule has 1 amide bonds. The number of halogens is 1. The van der Waals surface area contributed by atoms with Crippen LogP contribution < -0.4 is 5.32 Å². The predicted molar refractivity (Wildman–Crippen MR) is 122 cm³/mol. The molecule has 0 aliphatic carbocycles. The minimum atomic E-state index is -0.753. The first kappa shape index (κ1) is 19.5. The molecule has 2 heterocycles. The highest BCUT2D eigenvalue weighted by Crippen LogP contribution is 2.36. The molecule has 1 aliphatic heterocycles. The fraction of sp³-hybridized carbons (Fsp3) is 0.0833. The lowest BCUT2D eigenvalue weighted by molar-refractivity contribution is -0.0850. The Morgan fingerprint density at radius 1 is 0.968 bits per heavy atom. The first-order valence-electron chi connectivity index (χ1n) is 9.85. The monoisotopic (exact) mass is 474 g/mol. The van der Waals surface area contributed by atoms with Gasteiger partial charge in [-0.2, -0.15) is 10.2 Å². The van der Waals surface area contributed by atoms with Crippen molar-refractivity contribution in [2.24, 2.45) is 0 Å². The maximum Gasteiger partial charge on any atom is 0.281 e. The van der Waals surface area contributed by atoms with Gasteiger partial charge in [-0.1, -0.05) is 70.5 Å². The van der Waals surface area contributed by atoms with E-state index in [2.05, 4.69) is 21.2 Å². The van der Waals surface area contributed by atoms with Crippen molar-refractivity contribution in [2.75, 3.05) is 5.32 Å². The van der Waals surface area contributed by atoms with Crippen molar-refractivity contribution in [3.05, 3.63) is 106 Å². The van der Waals surface area contributed by atoms with E-state index in [1.165, 1.54) is 0 Å². The minimum Gasteiger partial charge on any atom is -0.359 e. The zero-order valence-electron chi connectivity index (χ0n) is 16.4. The van der Waals surface area contributed by atoms with Gasteiger partial charge in [0.1, 0.15) is 0 Å². The summed E-state index contributed by atoms with van der Waals surface area (Å²) in [7, 11) is 0. The molecule has 4 aromatic rings. The van der Waals surface area contributed by atoms with E-state index in [4.69, 9.17) is 5.10 Å². The van der Waals surface area contributed by atoms with Gasteiger partial charge in [-0.15, -0.1) is 0 Å². The number of hydrogen-bond acceptors (Lipinski definition) is 4. The third-order valence-corrected chi connectivity index (χ3v) is 5.82. The summed E-state index contributed by atoms with van der Waals surface area (Å²) in [4.78, 5) is 12.8. The van der Waals surface area contributed by atoms with Gasteiger partial charge in [0.2, 0.25) is 0 Å². The van der Waals surface area contributed by atoms with Crippen LogP contribution in [0.25, 0.3) is 11.3 Å². The Balaban J connectivity index is 1.58. The van der Waals surface area contributed by atoms with E-state index in [9.17, 15) is 10.0 Å². The van der Waals surface area contributed by atoms with E-state index < -0.39 is 12.1 Å². The highest BCUT2D eigenvalue weighted by atomic mass is 79.9. The topological polar surface area (TPSA) is 70.4 Å². The van der Waals surface area contributed by atoms with E-state index in [-0.39, 0.29) is 0 Å². The molecule has 0 radical (unpaired) electrons. The number of nitrogens with one attached hydrogen (secondary N) is 1. The first-order valence-corrected chi connectivity index (χ1v) is 10.6. The molecule has 0 fully saturated rings. The maximum absolute atomic E-state index is 12.8. The van der Waals surface area contributed by atoms with Gasteiger partial charge in [0.15, 0.2) is 6.17 Å². The summed E-state index contributed by atoms with van der Waals surface area (Å²) in [5.74, 6) is -0.445. The van der Waals surface area contributed by atoms with Crippen LogP contribution in [0, 0.1) is 0 Å². The Morgan fingerprint density at radius 2 is 1.68 bits per heavy atom. The van der Waals surface area contributed by atoms with Crippen LogP contribution in [-0.2, 0) is 6.54 Å². The second kappa shape index (κ2) is 8.02. The number of fused-ring (bicyclic) bond motifs is 1. The van der Waals surface area contributed by atoms with Crippen LogP contribution in [0.5, 0.6) is 0 Å². The molecule has 3 aromatic carbocycles. The molecular weight excluding hydrogens is 456 g/mol. The standard InChI is InChI=1S/C24H19BrN4O2/c25-18-12-10-16(11-13-18)14-28-15-20(22(27-28)17-6-2-1-3-7-17)23-26-21-9-5-4-8-19(21)24(30)29(23)31/h1-13,15,23,26,31H,14H2. The molecule has 0 bridgehead atoms. The van der Waals surface area contributed by atoms with E-state index in [1.54, 1.807) is 12.1 Å². The second-order valence-corrected chi connectivity index (χ2v) is 8.28. The van der Waals surface area contributed by atoms with E-state index in [1.807, 2.05) is 77.6 Å². The van der Waals surface area contributed by atoms with Gasteiger partial charge in [-0.3, -0.25) is 14.7 Å². The zero-order valence-corrected chi connectivity index (χ0v) is 18.0. The van der Waals surface area contributed by atoms with Gasteiger partial charge in [0.05, 0.1) is 17.8 Å². The van der Waals surface area contributed by atoms with Crippen molar-refractivity contribution in [3.63, 3.8) is 0 Å². The van der Waals surface area contributed by atoms with Crippen LogP contribution in [0.3, 0.4) is 0 Å². The molecule has 1 aliphatic rings. The molecule has 1 unspecified atom stereocenters. The lowest BCUT2D eigenvalue weighted by atomic mass is 10.0. The molecule has 5 rings (SSSR count). The molecule has 0 saturated carbocycles. The third-order valence-electron chi connectivity index (χ3n) is 5.29. The molecule has 31 heavy (non-hydrogen) atoms. The van der Waals surface area contributed by atoms with Crippen molar-refractivity contribution >= 4 is 27.5 Å². The number of nitrogens with zero attached hydrogens (tertiary/aromatic N) is 3. The number of para-hydroxylation sites is 1. The van der Waals surface area contributed by atoms with Crippen LogP contribution in [0.1, 0.15) is 27.7 Å². The van der Waals surface area contributed by atoms with Crippen LogP contribution in [0.2, 0.25) is 0 Å². The van der Waals surface area contributed by atoms with Crippen molar-refractivity contribution in [1.82, 2.24) is 14.8 Å². The zero-order chi connectivity index (χ0) is 21.4. The Labute approximate surface area is 187 Å². The van der Waals surface area contributed by atoms with Crippen molar-refractivity contribution in [1.29, 1.82) is 0 Å². The highest BCUT2D eigenvalue weighted by molar-refractivity contribution is 9.10. The Hall–Kier alpha value is -3.42. The number of hydrogen-bond donors (Lipinski definition) is 2. The molecule has 154 valence electrons. The number of rotatable bonds is 4. The largest absolute Gasteiger partial charge is 0.359 e. The fourth-order valence-corrected chi connectivity index (χ4v) is 4.03. The molecule has 6 nitrogen and oxygen atoms in total. The summed E-state index contributed by atoms with van der Waals surface area (Å²) in [5, 5.41) is 19.6. The molecule has 7 heteroatoms. The Bertz CT molecular complexity index is 1240. The number of anilines is 1. The minimum absolute atomic E-state index is 0.435. The maximum atomic E-state index is 12.8. The number of carbonyl (C=O) groups is 1. The van der Waals surface area contributed by atoms with Gasteiger partial charge in [0, 0.05) is 27.5 Å². The summed E-state index contributed by atoms with van der Waals surface area (Å²) in [6.45, 7) is 0.565. The van der Waals surface area contributed by atoms with Gasteiger partial charge in [-0.05, 0) is 29.8 Å². The average molecular weight is 475 g/mol. The molecule has 1 atom stereocenters. The number of aromatic nitrogens is 2. The summed E-state index contributed by atoms with van der Waals surface area (Å²) in [6.07, 6.45) is 1.13. The predicted octanol–water partition coefficient (Wildman–Crippen LogP) is 5.32. The molecule has 1 aromatic heterocycles. The normalized spacial score (nSPS) is 15.5. The van der Waals surface area contributed by atoms with Crippen LogP contribution >= 0.6 is 15.9 Å². The smallest absolute Gasteiger partial charge is 0.281 e. The summed E-state index contributed by atoms with van der Waals surface area (Å²) in [6, 6.07) is 25.0. The molecule has 0 saturated heterocycles. The van der Waals surface area contributed by atoms with Gasteiger partial charge >= 0.3 is 0 Å². The lowest BCUT2D eigenvalue weighted by Gasteiger charge is -2.33. The Kier molecular flexibility index (Phi) is 5.05. The number of benzene rings is 3. The van der Waals surface area contributed by atoms with Crippen LogP contribution in [0.15, 0.2) is 89.5 Å². The third kappa shape index (κ3) is 3.73. The Morgan fingerprint density at radius 3 is 2.45 bits per heavy atom. The number of carbonyl (C=O) groups excluding carboxylic acids is 1. The fourth-order valence-electron chi connectivity index (χ4n) is 3.77. The summed E-state index contributed by atoms with van der Waals surface area (Å²) in [5.41, 5.74) is 4.55. The first-order chi connectivity index (χ1) is 15.1. The number of amides is 1. The number of hydroxylamine groups is 2.